The smallest absolute Gasteiger partial charge is 0.225 e. The van der Waals surface area contributed by atoms with Gasteiger partial charge in [-0.1, -0.05) is 18.2 Å². The Hall–Kier alpha value is -2.01. The van der Waals surface area contributed by atoms with Gasteiger partial charge in [0.2, 0.25) is 5.91 Å². The number of benzene rings is 2. The van der Waals surface area contributed by atoms with Gasteiger partial charge in [-0.05, 0) is 24.3 Å². The van der Waals surface area contributed by atoms with E-state index in [9.17, 15) is 9.18 Å². The van der Waals surface area contributed by atoms with E-state index >= 15 is 0 Å². The van der Waals surface area contributed by atoms with Gasteiger partial charge in [0.25, 0.3) is 0 Å². The third kappa shape index (κ3) is 4.79. The molecule has 2 aromatic carbocycles. The second kappa shape index (κ2) is 7.69. The van der Waals surface area contributed by atoms with Gasteiger partial charge in [-0.15, -0.1) is 11.8 Å². The first-order valence-corrected chi connectivity index (χ1v) is 7.49. The van der Waals surface area contributed by atoms with Crippen LogP contribution in [0, 0.1) is 5.82 Å². The first-order chi connectivity index (χ1) is 10.2. The molecule has 0 radical (unpaired) electrons. The summed E-state index contributed by atoms with van der Waals surface area (Å²) in [7, 11) is 1.58. The van der Waals surface area contributed by atoms with E-state index in [1.165, 1.54) is 17.8 Å². The number of carbonyl (C=O) groups is 1. The molecule has 0 spiro atoms. The van der Waals surface area contributed by atoms with E-state index in [0.717, 1.165) is 0 Å². The van der Waals surface area contributed by atoms with Crippen LogP contribution in [-0.4, -0.2) is 18.8 Å². The van der Waals surface area contributed by atoms with Crippen LogP contribution in [0.4, 0.5) is 10.1 Å². The van der Waals surface area contributed by atoms with E-state index in [2.05, 4.69) is 5.32 Å². The summed E-state index contributed by atoms with van der Waals surface area (Å²) < 4.78 is 18.5. The number of hydrogen-bond donors (Lipinski definition) is 1. The van der Waals surface area contributed by atoms with E-state index in [1.807, 2.05) is 12.1 Å². The van der Waals surface area contributed by atoms with Crippen LogP contribution >= 0.6 is 11.8 Å². The average molecular weight is 305 g/mol. The number of carbonyl (C=O) groups excluding carboxylic acids is 1. The first kappa shape index (κ1) is 15.4. The molecule has 1 amide bonds. The third-order valence-electron chi connectivity index (χ3n) is 2.78. The molecule has 1 N–H and O–H groups in total. The first-order valence-electron chi connectivity index (χ1n) is 6.50. The van der Waals surface area contributed by atoms with Gasteiger partial charge in [0.1, 0.15) is 11.6 Å². The lowest BCUT2D eigenvalue weighted by Crippen LogP contribution is -2.12. The fourth-order valence-electron chi connectivity index (χ4n) is 1.74. The summed E-state index contributed by atoms with van der Waals surface area (Å²) in [6.07, 6.45) is 0.316. The zero-order valence-corrected chi connectivity index (χ0v) is 12.5. The molecule has 2 rings (SSSR count). The summed E-state index contributed by atoms with van der Waals surface area (Å²) >= 11 is 1.33. The molecule has 3 nitrogen and oxygen atoms in total. The number of rotatable bonds is 6. The maximum absolute atomic E-state index is 13.4. The lowest BCUT2D eigenvalue weighted by molar-refractivity contribution is -0.115. The zero-order chi connectivity index (χ0) is 15.1. The topological polar surface area (TPSA) is 38.3 Å². The van der Waals surface area contributed by atoms with Gasteiger partial charge in [0.05, 0.1) is 7.11 Å². The van der Waals surface area contributed by atoms with Crippen LogP contribution in [0.2, 0.25) is 0 Å². The molecule has 21 heavy (non-hydrogen) atoms. The molecule has 2 aromatic rings. The van der Waals surface area contributed by atoms with Crippen molar-refractivity contribution in [2.75, 3.05) is 18.2 Å². The molecule has 110 valence electrons. The number of hydrogen-bond acceptors (Lipinski definition) is 3. The standard InChI is InChI=1S/C16H16FNO2S/c1-20-13-6-4-5-12(11-13)18-16(19)9-10-21-15-8-3-2-7-14(15)17/h2-8,11H,9-10H2,1H3,(H,18,19). The summed E-state index contributed by atoms with van der Waals surface area (Å²) in [6, 6.07) is 13.7. The lowest BCUT2D eigenvalue weighted by Gasteiger charge is -2.07. The molecular formula is C16H16FNO2S. The SMILES string of the molecule is COc1cccc(NC(=O)CCSc2ccccc2F)c1. The van der Waals surface area contributed by atoms with Crippen molar-refractivity contribution in [3.8, 4) is 5.75 Å². The molecule has 0 aromatic heterocycles. The van der Waals surface area contributed by atoms with E-state index in [-0.39, 0.29) is 11.7 Å². The summed E-state index contributed by atoms with van der Waals surface area (Å²) in [4.78, 5) is 12.4. The predicted octanol–water partition coefficient (Wildman–Crippen LogP) is 3.96. The molecule has 0 aliphatic heterocycles. The monoisotopic (exact) mass is 305 g/mol. The maximum atomic E-state index is 13.4. The summed E-state index contributed by atoms with van der Waals surface area (Å²) in [5.41, 5.74) is 0.690. The van der Waals surface area contributed by atoms with Gasteiger partial charge in [0.15, 0.2) is 0 Å². The number of nitrogens with one attached hydrogen (secondary N) is 1. The molecular weight excluding hydrogens is 289 g/mol. The molecule has 0 unspecified atom stereocenters. The van der Waals surface area contributed by atoms with Crippen molar-refractivity contribution in [3.63, 3.8) is 0 Å². The van der Waals surface area contributed by atoms with Gasteiger partial charge < -0.3 is 10.1 Å². The van der Waals surface area contributed by atoms with E-state index in [1.54, 1.807) is 37.4 Å². The Labute approximate surface area is 127 Å². The predicted molar refractivity (Wildman–Crippen MR) is 83.4 cm³/mol. The lowest BCUT2D eigenvalue weighted by atomic mass is 10.3. The fourth-order valence-corrected chi connectivity index (χ4v) is 2.63. The Bertz CT molecular complexity index is 619. The highest BCUT2D eigenvalue weighted by Gasteiger charge is 2.06. The second-order valence-electron chi connectivity index (χ2n) is 4.31. The van der Waals surface area contributed by atoms with Crippen LogP contribution < -0.4 is 10.1 Å². The van der Waals surface area contributed by atoms with Gasteiger partial charge >= 0.3 is 0 Å². The van der Waals surface area contributed by atoms with Gasteiger partial charge in [-0.25, -0.2) is 4.39 Å². The molecule has 5 heteroatoms. The van der Waals surface area contributed by atoms with Crippen LogP contribution in [0.15, 0.2) is 53.4 Å². The van der Waals surface area contributed by atoms with Crippen LogP contribution in [0.3, 0.4) is 0 Å². The summed E-state index contributed by atoms with van der Waals surface area (Å²) in [5, 5.41) is 2.79. The average Bonchev–Trinajstić information content (AvgIpc) is 2.49. The Kier molecular flexibility index (Phi) is 5.63. The number of amides is 1. The normalized spacial score (nSPS) is 10.2. The van der Waals surface area contributed by atoms with Crippen molar-refractivity contribution < 1.29 is 13.9 Å². The Morgan fingerprint density at radius 1 is 1.24 bits per heavy atom. The molecule has 0 aliphatic rings. The largest absolute Gasteiger partial charge is 0.497 e. The van der Waals surface area contributed by atoms with Gasteiger partial charge in [0, 0.05) is 28.8 Å². The third-order valence-corrected chi connectivity index (χ3v) is 3.83. The minimum absolute atomic E-state index is 0.105. The van der Waals surface area contributed by atoms with Crippen molar-refractivity contribution in [2.24, 2.45) is 0 Å². The fraction of sp³-hybridized carbons (Fsp3) is 0.188. The van der Waals surface area contributed by atoms with Crippen LogP contribution in [0.25, 0.3) is 0 Å². The van der Waals surface area contributed by atoms with Crippen LogP contribution in [0.5, 0.6) is 5.75 Å². The minimum atomic E-state index is -0.254. The van der Waals surface area contributed by atoms with Crippen LogP contribution in [0.1, 0.15) is 6.42 Å². The summed E-state index contributed by atoms with van der Waals surface area (Å²) in [6.45, 7) is 0. The molecule has 0 saturated carbocycles. The molecule has 0 aliphatic carbocycles. The number of anilines is 1. The minimum Gasteiger partial charge on any atom is -0.497 e. The van der Waals surface area contributed by atoms with Crippen molar-refractivity contribution in [1.29, 1.82) is 0 Å². The molecule has 0 bridgehead atoms. The number of methoxy groups -OCH3 is 1. The van der Waals surface area contributed by atoms with Crippen molar-refractivity contribution in [3.05, 3.63) is 54.3 Å². The van der Waals surface area contributed by atoms with Crippen molar-refractivity contribution in [2.45, 2.75) is 11.3 Å². The molecule has 0 fully saturated rings. The molecule has 0 atom stereocenters. The van der Waals surface area contributed by atoms with Gasteiger partial charge in [-0.3, -0.25) is 4.79 Å². The highest BCUT2D eigenvalue weighted by atomic mass is 32.2. The number of ether oxygens (including phenoxy) is 1. The highest BCUT2D eigenvalue weighted by Crippen LogP contribution is 2.22. The molecule has 0 heterocycles. The zero-order valence-electron chi connectivity index (χ0n) is 11.6. The Morgan fingerprint density at radius 3 is 2.81 bits per heavy atom. The van der Waals surface area contributed by atoms with E-state index < -0.39 is 0 Å². The Balaban J connectivity index is 1.81. The number of thioether (sulfide) groups is 1. The second-order valence-corrected chi connectivity index (χ2v) is 5.45. The van der Waals surface area contributed by atoms with E-state index in [4.69, 9.17) is 4.74 Å². The highest BCUT2D eigenvalue weighted by molar-refractivity contribution is 7.99. The van der Waals surface area contributed by atoms with Crippen LogP contribution in [-0.2, 0) is 4.79 Å². The van der Waals surface area contributed by atoms with Crippen molar-refractivity contribution in [1.82, 2.24) is 0 Å². The quantitative estimate of drug-likeness (QED) is 0.821. The Morgan fingerprint density at radius 2 is 2.05 bits per heavy atom. The summed E-state index contributed by atoms with van der Waals surface area (Å²) in [5.74, 6) is 0.854. The molecule has 0 saturated heterocycles. The number of halogens is 1. The van der Waals surface area contributed by atoms with Gasteiger partial charge in [-0.2, -0.15) is 0 Å². The van der Waals surface area contributed by atoms with E-state index in [0.29, 0.717) is 28.5 Å². The van der Waals surface area contributed by atoms with Crippen molar-refractivity contribution >= 4 is 23.4 Å². The maximum Gasteiger partial charge on any atom is 0.225 e.